The molecule has 2 aliphatic rings. The van der Waals surface area contributed by atoms with Crippen molar-refractivity contribution < 1.29 is 14.7 Å². The molecule has 2 atom stereocenters. The molecule has 2 rings (SSSR count). The Morgan fingerprint density at radius 1 is 1.35 bits per heavy atom. The lowest BCUT2D eigenvalue weighted by molar-refractivity contribution is -0.155. The van der Waals surface area contributed by atoms with E-state index in [2.05, 4.69) is 0 Å². The quantitative estimate of drug-likeness (QED) is 0.825. The largest absolute Gasteiger partial charge is 0.480 e. The van der Waals surface area contributed by atoms with Gasteiger partial charge in [0.15, 0.2) is 0 Å². The number of amides is 1. The Morgan fingerprint density at radius 3 is 2.50 bits per heavy atom. The van der Waals surface area contributed by atoms with Crippen LogP contribution in [-0.4, -0.2) is 45.6 Å². The van der Waals surface area contributed by atoms with Crippen molar-refractivity contribution in [2.75, 3.05) is 12.3 Å². The number of hydrogen-bond acceptors (Lipinski definition) is 4. The molecule has 0 radical (unpaired) electrons. The fourth-order valence-corrected chi connectivity index (χ4v) is 4.69. The van der Waals surface area contributed by atoms with Crippen LogP contribution in [0.3, 0.4) is 0 Å². The van der Waals surface area contributed by atoms with E-state index in [0.29, 0.717) is 12.3 Å². The van der Waals surface area contributed by atoms with Crippen LogP contribution >= 0.6 is 11.8 Å². The van der Waals surface area contributed by atoms with Crippen LogP contribution in [0.25, 0.3) is 0 Å². The van der Waals surface area contributed by atoms with E-state index in [1.54, 1.807) is 16.7 Å². The molecule has 0 spiro atoms. The molecule has 1 aliphatic carbocycles. The number of thioether (sulfide) groups is 1. The predicted molar refractivity (Wildman–Crippen MR) is 79.4 cm³/mol. The third-order valence-electron chi connectivity index (χ3n) is 4.62. The standard InChI is InChI=1S/C14H24N2O3S/c1-2-11-16(10(8-20-11)12(17)18)13(19)14(9-15)6-4-3-5-7-14/h10-11H,2-9,15H2,1H3,(H,17,18). The molecule has 6 heteroatoms. The number of carbonyl (C=O) groups excluding carboxylic acids is 1. The van der Waals surface area contributed by atoms with Crippen LogP contribution in [-0.2, 0) is 9.59 Å². The molecule has 20 heavy (non-hydrogen) atoms. The summed E-state index contributed by atoms with van der Waals surface area (Å²) in [6.07, 6.45) is 5.54. The normalized spacial score (nSPS) is 29.4. The van der Waals surface area contributed by atoms with Gasteiger partial charge in [0.25, 0.3) is 0 Å². The summed E-state index contributed by atoms with van der Waals surface area (Å²) in [7, 11) is 0. The Labute approximate surface area is 124 Å². The second-order valence-corrected chi connectivity index (χ2v) is 7.02. The lowest BCUT2D eigenvalue weighted by Gasteiger charge is -2.40. The summed E-state index contributed by atoms with van der Waals surface area (Å²) in [4.78, 5) is 26.0. The molecule has 1 aliphatic heterocycles. The zero-order valence-corrected chi connectivity index (χ0v) is 12.8. The lowest BCUT2D eigenvalue weighted by atomic mass is 9.73. The van der Waals surface area contributed by atoms with E-state index in [1.807, 2.05) is 6.92 Å². The van der Waals surface area contributed by atoms with Crippen LogP contribution in [0.4, 0.5) is 0 Å². The minimum absolute atomic E-state index is 0.0195. The van der Waals surface area contributed by atoms with Crippen molar-refractivity contribution in [3.05, 3.63) is 0 Å². The number of carboxylic acids is 1. The van der Waals surface area contributed by atoms with Gasteiger partial charge in [0.2, 0.25) is 5.91 Å². The Morgan fingerprint density at radius 2 is 2.00 bits per heavy atom. The van der Waals surface area contributed by atoms with Gasteiger partial charge in [-0.15, -0.1) is 11.8 Å². The fourth-order valence-electron chi connectivity index (χ4n) is 3.35. The summed E-state index contributed by atoms with van der Waals surface area (Å²) in [5.74, 6) is -0.436. The van der Waals surface area contributed by atoms with Crippen LogP contribution in [0, 0.1) is 5.41 Å². The third-order valence-corrected chi connectivity index (χ3v) is 6.07. The highest BCUT2D eigenvalue weighted by Crippen LogP contribution is 2.41. The van der Waals surface area contributed by atoms with Crippen molar-refractivity contribution in [3.63, 3.8) is 0 Å². The van der Waals surface area contributed by atoms with Crippen molar-refractivity contribution >= 4 is 23.6 Å². The first kappa shape index (κ1) is 15.6. The summed E-state index contributed by atoms with van der Waals surface area (Å²) >= 11 is 1.57. The molecule has 2 fully saturated rings. The molecule has 114 valence electrons. The van der Waals surface area contributed by atoms with E-state index < -0.39 is 17.4 Å². The molecule has 0 aromatic carbocycles. The van der Waals surface area contributed by atoms with E-state index >= 15 is 0 Å². The van der Waals surface area contributed by atoms with E-state index in [9.17, 15) is 14.7 Å². The third kappa shape index (κ3) is 2.68. The first-order chi connectivity index (χ1) is 9.55. The summed E-state index contributed by atoms with van der Waals surface area (Å²) in [5.41, 5.74) is 5.39. The molecule has 0 aromatic rings. The molecule has 3 N–H and O–H groups in total. The molecule has 1 saturated carbocycles. The molecule has 0 aromatic heterocycles. The molecule has 1 heterocycles. The topological polar surface area (TPSA) is 83.6 Å². The van der Waals surface area contributed by atoms with Gasteiger partial charge in [-0.3, -0.25) is 4.79 Å². The molecule has 1 saturated heterocycles. The van der Waals surface area contributed by atoms with Crippen LogP contribution in [0.5, 0.6) is 0 Å². The van der Waals surface area contributed by atoms with Gasteiger partial charge >= 0.3 is 5.97 Å². The van der Waals surface area contributed by atoms with Crippen LogP contribution in [0.15, 0.2) is 0 Å². The molecule has 2 unspecified atom stereocenters. The molecular formula is C14H24N2O3S. The maximum absolute atomic E-state index is 13.0. The summed E-state index contributed by atoms with van der Waals surface area (Å²) in [6, 6.07) is -0.692. The van der Waals surface area contributed by atoms with Gasteiger partial charge in [-0.2, -0.15) is 0 Å². The summed E-state index contributed by atoms with van der Waals surface area (Å²) in [5, 5.41) is 9.34. The zero-order chi connectivity index (χ0) is 14.8. The fraction of sp³-hybridized carbons (Fsp3) is 0.857. The number of carbonyl (C=O) groups is 2. The van der Waals surface area contributed by atoms with Crippen LogP contribution in [0.1, 0.15) is 45.4 Å². The van der Waals surface area contributed by atoms with Crippen molar-refractivity contribution in [1.29, 1.82) is 0 Å². The van der Waals surface area contributed by atoms with Gasteiger partial charge in [0, 0.05) is 12.3 Å². The zero-order valence-electron chi connectivity index (χ0n) is 12.0. The van der Waals surface area contributed by atoms with E-state index in [-0.39, 0.29) is 11.3 Å². The molecule has 5 nitrogen and oxygen atoms in total. The van der Waals surface area contributed by atoms with Gasteiger partial charge in [0.05, 0.1) is 10.8 Å². The number of nitrogens with zero attached hydrogens (tertiary/aromatic N) is 1. The van der Waals surface area contributed by atoms with Gasteiger partial charge in [0.1, 0.15) is 6.04 Å². The van der Waals surface area contributed by atoms with Crippen LogP contribution < -0.4 is 5.73 Å². The number of carboxylic acid groups (broad SMARTS) is 1. The van der Waals surface area contributed by atoms with Crippen LogP contribution in [0.2, 0.25) is 0 Å². The predicted octanol–water partition coefficient (Wildman–Crippen LogP) is 1.66. The Bertz CT molecular complexity index is 383. The van der Waals surface area contributed by atoms with Crippen molar-refractivity contribution in [1.82, 2.24) is 4.90 Å². The maximum Gasteiger partial charge on any atom is 0.327 e. The maximum atomic E-state index is 13.0. The minimum Gasteiger partial charge on any atom is -0.480 e. The molecular weight excluding hydrogens is 276 g/mol. The average molecular weight is 300 g/mol. The highest BCUT2D eigenvalue weighted by Gasteiger charge is 2.48. The van der Waals surface area contributed by atoms with Crippen molar-refractivity contribution in [2.24, 2.45) is 11.1 Å². The second-order valence-electron chi connectivity index (χ2n) is 5.81. The number of nitrogens with two attached hydrogens (primary N) is 1. The van der Waals surface area contributed by atoms with Gasteiger partial charge in [-0.1, -0.05) is 26.2 Å². The summed E-state index contributed by atoms with van der Waals surface area (Å²) < 4.78 is 0. The van der Waals surface area contributed by atoms with E-state index in [1.165, 1.54) is 0 Å². The number of hydrogen-bond donors (Lipinski definition) is 2. The Hall–Kier alpha value is -0.750. The number of rotatable bonds is 4. The van der Waals surface area contributed by atoms with Crippen molar-refractivity contribution in [2.45, 2.75) is 56.9 Å². The van der Waals surface area contributed by atoms with E-state index in [0.717, 1.165) is 38.5 Å². The Balaban J connectivity index is 2.25. The monoisotopic (exact) mass is 300 g/mol. The first-order valence-electron chi connectivity index (χ1n) is 7.43. The molecule has 1 amide bonds. The second kappa shape index (κ2) is 6.35. The van der Waals surface area contributed by atoms with Crippen molar-refractivity contribution in [3.8, 4) is 0 Å². The number of aliphatic carboxylic acids is 1. The van der Waals surface area contributed by atoms with Gasteiger partial charge in [-0.05, 0) is 19.3 Å². The summed E-state index contributed by atoms with van der Waals surface area (Å²) in [6.45, 7) is 2.33. The highest BCUT2D eigenvalue weighted by atomic mass is 32.2. The lowest BCUT2D eigenvalue weighted by Crippen LogP contribution is -2.55. The first-order valence-corrected chi connectivity index (χ1v) is 8.48. The van der Waals surface area contributed by atoms with Gasteiger partial charge < -0.3 is 15.7 Å². The van der Waals surface area contributed by atoms with E-state index in [4.69, 9.17) is 5.73 Å². The molecule has 0 bridgehead atoms. The SMILES string of the molecule is CCC1SCC(C(=O)O)N1C(=O)C1(CN)CCCCC1. The highest BCUT2D eigenvalue weighted by molar-refractivity contribution is 8.00. The smallest absolute Gasteiger partial charge is 0.327 e. The minimum atomic E-state index is -0.898. The average Bonchev–Trinajstić information content (AvgIpc) is 2.91. The van der Waals surface area contributed by atoms with Gasteiger partial charge in [-0.25, -0.2) is 4.79 Å². The Kier molecular flexibility index (Phi) is 4.96.